The Bertz CT molecular complexity index is 490. The Balaban J connectivity index is 2.67. The highest BCUT2D eigenvalue weighted by molar-refractivity contribution is 5.77. The third-order valence-corrected chi connectivity index (χ3v) is 2.56. The molecule has 0 bridgehead atoms. The van der Waals surface area contributed by atoms with Crippen molar-refractivity contribution in [1.29, 1.82) is 0 Å². The number of carbonyl (C=O) groups is 1. The number of alkyl halides is 3. The van der Waals surface area contributed by atoms with Gasteiger partial charge in [0.25, 0.3) is 5.91 Å². The Hall–Kier alpha value is -1.96. The number of methoxy groups -OCH3 is 1. The predicted molar refractivity (Wildman–Crippen MR) is 70.2 cm³/mol. The number of amides is 1. The molecule has 118 valence electrons. The second-order valence-corrected chi connectivity index (χ2v) is 4.37. The zero-order valence-corrected chi connectivity index (χ0v) is 11.7. The van der Waals surface area contributed by atoms with Gasteiger partial charge in [0.1, 0.15) is 18.0 Å². The summed E-state index contributed by atoms with van der Waals surface area (Å²) in [7, 11) is 1.46. The largest absolute Gasteiger partial charge is 0.497 e. The summed E-state index contributed by atoms with van der Waals surface area (Å²) in [6, 6.07) is 4.52. The molecule has 0 aliphatic heterocycles. The van der Waals surface area contributed by atoms with Crippen LogP contribution in [0, 0.1) is 0 Å². The Morgan fingerprint density at radius 2 is 2.10 bits per heavy atom. The van der Waals surface area contributed by atoms with Gasteiger partial charge >= 0.3 is 6.18 Å². The smallest absolute Gasteiger partial charge is 0.405 e. The summed E-state index contributed by atoms with van der Waals surface area (Å²) in [6.45, 7) is -0.213. The molecule has 8 heteroatoms. The van der Waals surface area contributed by atoms with E-state index in [9.17, 15) is 18.0 Å². The van der Waals surface area contributed by atoms with Crippen LogP contribution in [-0.4, -0.2) is 32.3 Å². The average Bonchev–Trinajstić information content (AvgIpc) is 2.41. The lowest BCUT2D eigenvalue weighted by atomic mass is 10.1. The molecule has 1 rings (SSSR count). The highest BCUT2D eigenvalue weighted by Gasteiger charge is 2.27. The summed E-state index contributed by atoms with van der Waals surface area (Å²) in [5, 5.41) is 1.72. The van der Waals surface area contributed by atoms with Gasteiger partial charge in [-0.05, 0) is 13.0 Å². The molecule has 0 saturated carbocycles. The monoisotopic (exact) mass is 306 g/mol. The van der Waals surface area contributed by atoms with Crippen molar-refractivity contribution in [2.45, 2.75) is 19.1 Å². The normalized spacial score (nSPS) is 12.7. The maximum Gasteiger partial charge on any atom is 0.405 e. The molecule has 3 N–H and O–H groups in total. The summed E-state index contributed by atoms with van der Waals surface area (Å²) in [5.41, 5.74) is 6.38. The van der Waals surface area contributed by atoms with Crippen LogP contribution < -0.4 is 20.5 Å². The van der Waals surface area contributed by atoms with E-state index in [1.807, 2.05) is 0 Å². The lowest BCUT2D eigenvalue weighted by molar-refractivity contribution is -0.139. The third-order valence-electron chi connectivity index (χ3n) is 2.56. The van der Waals surface area contributed by atoms with Gasteiger partial charge in [-0.1, -0.05) is 6.07 Å². The highest BCUT2D eigenvalue weighted by Crippen LogP contribution is 2.28. The summed E-state index contributed by atoms with van der Waals surface area (Å²) >= 11 is 0. The van der Waals surface area contributed by atoms with Crippen LogP contribution >= 0.6 is 0 Å². The molecule has 5 nitrogen and oxygen atoms in total. The van der Waals surface area contributed by atoms with Crippen molar-refractivity contribution in [3.05, 3.63) is 23.8 Å². The second-order valence-electron chi connectivity index (χ2n) is 4.37. The zero-order valence-electron chi connectivity index (χ0n) is 11.7. The van der Waals surface area contributed by atoms with Crippen LogP contribution in [0.15, 0.2) is 18.2 Å². The van der Waals surface area contributed by atoms with Gasteiger partial charge in [-0.25, -0.2) is 0 Å². The predicted octanol–water partition coefficient (Wildman–Crippen LogP) is 1.77. The van der Waals surface area contributed by atoms with Crippen LogP contribution in [0.1, 0.15) is 18.5 Å². The van der Waals surface area contributed by atoms with E-state index in [1.165, 1.54) is 13.2 Å². The maximum atomic E-state index is 12.0. The second kappa shape index (κ2) is 7.16. The summed E-state index contributed by atoms with van der Waals surface area (Å²) in [5.74, 6) is -0.0811. The molecule has 1 aromatic rings. The van der Waals surface area contributed by atoms with Crippen molar-refractivity contribution in [3.63, 3.8) is 0 Å². The Morgan fingerprint density at radius 3 is 2.62 bits per heavy atom. The number of nitrogens with two attached hydrogens (primary N) is 1. The van der Waals surface area contributed by atoms with E-state index in [0.29, 0.717) is 17.1 Å². The van der Waals surface area contributed by atoms with E-state index < -0.39 is 25.2 Å². The van der Waals surface area contributed by atoms with Crippen LogP contribution in [0.4, 0.5) is 13.2 Å². The fourth-order valence-corrected chi connectivity index (χ4v) is 1.54. The molecule has 1 amide bonds. The van der Waals surface area contributed by atoms with Crippen LogP contribution in [-0.2, 0) is 4.79 Å². The van der Waals surface area contributed by atoms with E-state index in [-0.39, 0.29) is 6.04 Å². The van der Waals surface area contributed by atoms with Gasteiger partial charge in [0, 0.05) is 17.7 Å². The Kier molecular flexibility index (Phi) is 5.83. The first-order chi connectivity index (χ1) is 9.73. The SMILES string of the molecule is COc1ccc([C@H](C)N)c(OCC(=O)NCC(F)(F)F)c1. The average molecular weight is 306 g/mol. The van der Waals surface area contributed by atoms with Crippen LogP contribution in [0.5, 0.6) is 11.5 Å². The molecular formula is C13H17F3N2O3. The Morgan fingerprint density at radius 1 is 1.43 bits per heavy atom. The minimum absolute atomic E-state index is 0.298. The first kappa shape index (κ1) is 17.1. The van der Waals surface area contributed by atoms with Crippen LogP contribution in [0.2, 0.25) is 0 Å². The fraction of sp³-hybridized carbons (Fsp3) is 0.462. The number of carbonyl (C=O) groups excluding carboxylic acids is 1. The van der Waals surface area contributed by atoms with E-state index in [1.54, 1.807) is 24.4 Å². The molecule has 0 spiro atoms. The van der Waals surface area contributed by atoms with E-state index in [4.69, 9.17) is 15.2 Å². The van der Waals surface area contributed by atoms with Gasteiger partial charge in [-0.3, -0.25) is 4.79 Å². The summed E-state index contributed by atoms with van der Waals surface area (Å²) < 4.78 is 46.1. The van der Waals surface area contributed by atoms with Gasteiger partial charge in [-0.15, -0.1) is 0 Å². The van der Waals surface area contributed by atoms with E-state index >= 15 is 0 Å². The summed E-state index contributed by atoms with van der Waals surface area (Å²) in [4.78, 5) is 11.3. The molecule has 1 atom stereocenters. The molecule has 0 fully saturated rings. The third kappa shape index (κ3) is 5.90. The molecule has 0 heterocycles. The minimum atomic E-state index is -4.46. The summed E-state index contributed by atoms with van der Waals surface area (Å²) in [6.07, 6.45) is -4.46. The van der Waals surface area contributed by atoms with Crippen molar-refractivity contribution < 1.29 is 27.4 Å². The maximum absolute atomic E-state index is 12.0. The molecule has 0 unspecified atom stereocenters. The minimum Gasteiger partial charge on any atom is -0.497 e. The first-order valence-electron chi connectivity index (χ1n) is 6.12. The standard InChI is InChI=1S/C13H17F3N2O3/c1-8(17)10-4-3-9(20-2)5-11(10)21-6-12(19)18-7-13(14,15)16/h3-5,8H,6-7,17H2,1-2H3,(H,18,19)/t8-/m0/s1. The zero-order chi connectivity index (χ0) is 16.0. The lowest BCUT2D eigenvalue weighted by Gasteiger charge is -2.15. The van der Waals surface area contributed by atoms with Crippen LogP contribution in [0.3, 0.4) is 0 Å². The lowest BCUT2D eigenvalue weighted by Crippen LogP contribution is -2.36. The number of nitrogens with one attached hydrogen (secondary N) is 1. The number of rotatable bonds is 6. The molecule has 21 heavy (non-hydrogen) atoms. The molecule has 0 aliphatic carbocycles. The molecule has 0 saturated heterocycles. The quantitative estimate of drug-likeness (QED) is 0.840. The first-order valence-corrected chi connectivity index (χ1v) is 6.12. The van der Waals surface area contributed by atoms with Crippen molar-refractivity contribution in [2.24, 2.45) is 5.73 Å². The van der Waals surface area contributed by atoms with Gasteiger partial charge in [-0.2, -0.15) is 13.2 Å². The number of halogens is 3. The van der Waals surface area contributed by atoms with Crippen molar-refractivity contribution in [3.8, 4) is 11.5 Å². The van der Waals surface area contributed by atoms with Crippen molar-refractivity contribution in [2.75, 3.05) is 20.3 Å². The fourth-order valence-electron chi connectivity index (χ4n) is 1.54. The van der Waals surface area contributed by atoms with E-state index in [2.05, 4.69) is 0 Å². The number of ether oxygens (including phenoxy) is 2. The van der Waals surface area contributed by atoms with Gasteiger partial charge in [0.15, 0.2) is 6.61 Å². The molecular weight excluding hydrogens is 289 g/mol. The van der Waals surface area contributed by atoms with Gasteiger partial charge < -0.3 is 20.5 Å². The topological polar surface area (TPSA) is 73.6 Å². The molecule has 0 aliphatic rings. The Labute approximate surface area is 120 Å². The van der Waals surface area contributed by atoms with Crippen molar-refractivity contribution >= 4 is 5.91 Å². The number of hydrogen-bond donors (Lipinski definition) is 2. The number of benzene rings is 1. The molecule has 0 aromatic heterocycles. The van der Waals surface area contributed by atoms with Gasteiger partial charge in [0.2, 0.25) is 0 Å². The number of hydrogen-bond acceptors (Lipinski definition) is 4. The van der Waals surface area contributed by atoms with Gasteiger partial charge in [0.05, 0.1) is 7.11 Å². The highest BCUT2D eigenvalue weighted by atomic mass is 19.4. The van der Waals surface area contributed by atoms with E-state index in [0.717, 1.165) is 0 Å². The van der Waals surface area contributed by atoms with Crippen LogP contribution in [0.25, 0.3) is 0 Å². The molecule has 1 aromatic carbocycles. The van der Waals surface area contributed by atoms with Crippen molar-refractivity contribution in [1.82, 2.24) is 5.32 Å². The molecule has 0 radical (unpaired) electrons.